The molecule has 1 aliphatic heterocycles. The molecule has 1 amide bonds. The first-order chi connectivity index (χ1) is 16.9. The smallest absolute Gasteiger partial charge is 0.387 e. The molecule has 1 saturated heterocycles. The van der Waals surface area contributed by atoms with Crippen LogP contribution in [0, 0.1) is 18.3 Å². The summed E-state index contributed by atoms with van der Waals surface area (Å²) in [5.41, 5.74) is 1.41. The zero-order valence-electron chi connectivity index (χ0n) is 18.7. The SMILES string of the molecule is Cc1ccccc1-n1c(=O)/c(=C/c2ccc(OC(F)F)cc2)s/c1=C(/C#N)C(=O)N1CCOCC1. The monoisotopic (exact) mass is 497 g/mol. The number of ether oxygens (including phenoxy) is 2. The lowest BCUT2D eigenvalue weighted by Crippen LogP contribution is -2.42. The van der Waals surface area contributed by atoms with Crippen molar-refractivity contribution in [3.8, 4) is 17.5 Å². The summed E-state index contributed by atoms with van der Waals surface area (Å²) in [5.74, 6) is -0.461. The minimum Gasteiger partial charge on any atom is -0.435 e. The number of nitriles is 1. The number of aryl methyl sites for hydroxylation is 1. The van der Waals surface area contributed by atoms with Gasteiger partial charge < -0.3 is 14.4 Å². The molecule has 1 aliphatic rings. The van der Waals surface area contributed by atoms with E-state index in [1.165, 1.54) is 16.7 Å². The average molecular weight is 498 g/mol. The molecule has 0 atom stereocenters. The van der Waals surface area contributed by atoms with Crippen molar-refractivity contribution in [3.05, 3.63) is 79.2 Å². The van der Waals surface area contributed by atoms with E-state index in [1.54, 1.807) is 35.2 Å². The summed E-state index contributed by atoms with van der Waals surface area (Å²) in [5, 5.41) is 9.95. The number of halogens is 2. The van der Waals surface area contributed by atoms with Crippen LogP contribution in [0.3, 0.4) is 0 Å². The summed E-state index contributed by atoms with van der Waals surface area (Å²) in [7, 11) is 0. The lowest BCUT2D eigenvalue weighted by atomic mass is 10.2. The largest absolute Gasteiger partial charge is 0.435 e. The number of nitrogens with zero attached hydrogens (tertiary/aromatic N) is 3. The van der Waals surface area contributed by atoms with Crippen LogP contribution in [0.1, 0.15) is 11.1 Å². The molecule has 2 aromatic carbocycles. The van der Waals surface area contributed by atoms with Gasteiger partial charge in [0.25, 0.3) is 11.5 Å². The molecule has 4 rings (SSSR count). The number of carbonyl (C=O) groups excluding carboxylic acids is 1. The fraction of sp³-hybridized carbons (Fsp3) is 0.240. The Morgan fingerprint density at radius 3 is 2.49 bits per heavy atom. The molecule has 1 aromatic heterocycles. The molecule has 0 aliphatic carbocycles. The molecule has 0 N–H and O–H groups in total. The predicted octanol–water partition coefficient (Wildman–Crippen LogP) is 2.17. The molecule has 3 aromatic rings. The van der Waals surface area contributed by atoms with Crippen molar-refractivity contribution < 1.29 is 23.0 Å². The van der Waals surface area contributed by atoms with Crippen LogP contribution in [0.5, 0.6) is 5.75 Å². The quantitative estimate of drug-likeness (QED) is 0.540. The molecule has 180 valence electrons. The normalized spacial score (nSPS) is 15.2. The molecule has 0 unspecified atom stereocenters. The number of hydrogen-bond acceptors (Lipinski definition) is 6. The fourth-order valence-electron chi connectivity index (χ4n) is 3.69. The van der Waals surface area contributed by atoms with E-state index in [-0.39, 0.29) is 20.5 Å². The van der Waals surface area contributed by atoms with Gasteiger partial charge in [0.1, 0.15) is 16.5 Å². The fourth-order valence-corrected chi connectivity index (χ4v) is 4.78. The highest BCUT2D eigenvalue weighted by Crippen LogP contribution is 2.16. The third-order valence-corrected chi connectivity index (χ3v) is 6.51. The molecule has 0 saturated carbocycles. The van der Waals surface area contributed by atoms with Gasteiger partial charge in [0.2, 0.25) is 0 Å². The minimum absolute atomic E-state index is 0.00227. The number of thiazole rings is 1. The molecule has 2 heterocycles. The third-order valence-electron chi connectivity index (χ3n) is 5.42. The van der Waals surface area contributed by atoms with Crippen molar-refractivity contribution in [2.24, 2.45) is 0 Å². The third kappa shape index (κ3) is 5.31. The van der Waals surface area contributed by atoms with E-state index in [4.69, 9.17) is 4.74 Å². The highest BCUT2D eigenvalue weighted by Gasteiger charge is 2.24. The number of amides is 1. The lowest BCUT2D eigenvalue weighted by molar-refractivity contribution is -0.128. The van der Waals surface area contributed by atoms with E-state index in [1.807, 2.05) is 25.1 Å². The minimum atomic E-state index is -2.94. The second-order valence-electron chi connectivity index (χ2n) is 7.68. The number of rotatable bonds is 5. The topological polar surface area (TPSA) is 84.6 Å². The Morgan fingerprint density at radius 2 is 1.86 bits per heavy atom. The Morgan fingerprint density at radius 1 is 1.17 bits per heavy atom. The number of alkyl halides is 2. The summed E-state index contributed by atoms with van der Waals surface area (Å²) in [4.78, 5) is 28.3. The van der Waals surface area contributed by atoms with Crippen LogP contribution >= 0.6 is 11.3 Å². The molecule has 10 heteroatoms. The maximum Gasteiger partial charge on any atom is 0.387 e. The summed E-state index contributed by atoms with van der Waals surface area (Å²) in [6.07, 6.45) is 1.59. The molecule has 1 fully saturated rings. The molecule has 35 heavy (non-hydrogen) atoms. The van der Waals surface area contributed by atoms with Crippen LogP contribution in [0.15, 0.2) is 53.3 Å². The van der Waals surface area contributed by atoms with E-state index in [9.17, 15) is 23.6 Å². The average Bonchev–Trinajstić information content (AvgIpc) is 3.16. The van der Waals surface area contributed by atoms with Crippen molar-refractivity contribution >= 4 is 28.9 Å². The zero-order valence-corrected chi connectivity index (χ0v) is 19.6. The van der Waals surface area contributed by atoms with Crippen LogP contribution in [0.25, 0.3) is 17.3 Å². The van der Waals surface area contributed by atoms with Crippen molar-refractivity contribution in [1.29, 1.82) is 5.26 Å². The van der Waals surface area contributed by atoms with Gasteiger partial charge in [0, 0.05) is 13.1 Å². The van der Waals surface area contributed by atoms with Gasteiger partial charge in [-0.25, -0.2) is 0 Å². The molecule has 0 radical (unpaired) electrons. The maximum absolute atomic E-state index is 13.5. The van der Waals surface area contributed by atoms with Crippen LogP contribution in [0.4, 0.5) is 8.78 Å². The molecule has 7 nitrogen and oxygen atoms in total. The first kappa shape index (κ1) is 24.3. The highest BCUT2D eigenvalue weighted by molar-refractivity contribution is 7.07. The van der Waals surface area contributed by atoms with Crippen LogP contribution < -0.4 is 19.5 Å². The van der Waals surface area contributed by atoms with Crippen LogP contribution in [0.2, 0.25) is 0 Å². The van der Waals surface area contributed by atoms with E-state index in [0.717, 1.165) is 16.9 Å². The number of para-hydroxylation sites is 1. The van der Waals surface area contributed by atoms with E-state index >= 15 is 0 Å². The molecule has 0 spiro atoms. The van der Waals surface area contributed by atoms with Gasteiger partial charge in [-0.15, -0.1) is 11.3 Å². The second-order valence-corrected chi connectivity index (χ2v) is 8.71. The van der Waals surface area contributed by atoms with Gasteiger partial charge in [0.05, 0.1) is 23.4 Å². The summed E-state index contributed by atoms with van der Waals surface area (Å²) in [6, 6.07) is 15.0. The first-order valence-electron chi connectivity index (χ1n) is 10.7. The summed E-state index contributed by atoms with van der Waals surface area (Å²) in [6.45, 7) is 0.374. The number of benzene rings is 2. The number of hydrogen-bond donors (Lipinski definition) is 0. The Balaban J connectivity index is 1.92. The maximum atomic E-state index is 13.5. The van der Waals surface area contributed by atoms with E-state index in [0.29, 0.717) is 37.6 Å². The highest BCUT2D eigenvalue weighted by atomic mass is 32.1. The van der Waals surface area contributed by atoms with Crippen molar-refractivity contribution in [3.63, 3.8) is 0 Å². The van der Waals surface area contributed by atoms with Gasteiger partial charge >= 0.3 is 6.61 Å². The van der Waals surface area contributed by atoms with E-state index < -0.39 is 18.1 Å². The standard InChI is InChI=1S/C25H21F2N3O4S/c1-16-4-2-3-5-20(16)30-23(32)21(14-17-6-8-18(9-7-17)34-25(26)27)35-24(30)19(15-28)22(31)29-10-12-33-13-11-29/h2-9,14,25H,10-13H2,1H3/b21-14-,24-19-. The second kappa shape index (κ2) is 10.6. The van der Waals surface area contributed by atoms with Crippen molar-refractivity contribution in [2.45, 2.75) is 13.5 Å². The van der Waals surface area contributed by atoms with E-state index in [2.05, 4.69) is 4.74 Å². The molecular weight excluding hydrogens is 476 g/mol. The Labute approximate surface area is 203 Å². The van der Waals surface area contributed by atoms with Crippen molar-refractivity contribution in [2.75, 3.05) is 26.3 Å². The van der Waals surface area contributed by atoms with Gasteiger partial charge in [0.15, 0.2) is 5.57 Å². The molecule has 0 bridgehead atoms. The summed E-state index contributed by atoms with van der Waals surface area (Å²) >= 11 is 1.03. The van der Waals surface area contributed by atoms with Gasteiger partial charge in [-0.3, -0.25) is 14.2 Å². The Kier molecular flexibility index (Phi) is 7.39. The zero-order chi connectivity index (χ0) is 24.9. The number of aromatic nitrogens is 1. The Bertz CT molecular complexity index is 1450. The lowest BCUT2D eigenvalue weighted by Gasteiger charge is -2.26. The van der Waals surface area contributed by atoms with Gasteiger partial charge in [-0.2, -0.15) is 14.0 Å². The molecular formula is C25H21F2N3O4S. The Hall–Kier alpha value is -3.81. The first-order valence-corrected chi connectivity index (χ1v) is 11.6. The van der Waals surface area contributed by atoms with Gasteiger partial charge in [-0.05, 0) is 42.3 Å². The summed E-state index contributed by atoms with van der Waals surface area (Å²) < 4.78 is 36.4. The number of morpholine rings is 1. The van der Waals surface area contributed by atoms with Gasteiger partial charge in [-0.1, -0.05) is 30.3 Å². The van der Waals surface area contributed by atoms with Crippen LogP contribution in [-0.4, -0.2) is 48.3 Å². The van der Waals surface area contributed by atoms with Crippen molar-refractivity contribution in [1.82, 2.24) is 9.47 Å². The number of carbonyl (C=O) groups is 1. The predicted molar refractivity (Wildman–Crippen MR) is 127 cm³/mol. The van der Waals surface area contributed by atoms with Crippen LogP contribution in [-0.2, 0) is 9.53 Å².